The summed E-state index contributed by atoms with van der Waals surface area (Å²) in [6.07, 6.45) is 0. The number of amides is 1. The lowest BCUT2D eigenvalue weighted by molar-refractivity contribution is -0.117. The van der Waals surface area contributed by atoms with Crippen LogP contribution in [0.4, 0.5) is 5.69 Å². The average molecular weight is 535 g/mol. The number of benzene rings is 3. The minimum Gasteiger partial charge on any atom is -0.503 e. The van der Waals surface area contributed by atoms with Crippen LogP contribution in [0.3, 0.4) is 0 Å². The fourth-order valence-corrected chi connectivity index (χ4v) is 5.57. The highest BCUT2D eigenvalue weighted by Gasteiger charge is 2.45. The highest BCUT2D eigenvalue weighted by Crippen LogP contribution is 2.44. The zero-order valence-corrected chi connectivity index (χ0v) is 21.7. The third kappa shape index (κ3) is 4.22. The number of thiazole rings is 1. The van der Waals surface area contributed by atoms with Crippen LogP contribution in [0.25, 0.3) is 10.6 Å². The summed E-state index contributed by atoms with van der Waals surface area (Å²) in [5.74, 6) is -1.71. The van der Waals surface area contributed by atoms with Crippen molar-refractivity contribution in [3.8, 4) is 10.6 Å². The number of aromatic nitrogens is 1. The Balaban J connectivity index is 1.65. The summed E-state index contributed by atoms with van der Waals surface area (Å²) in [7, 11) is 0. The van der Waals surface area contributed by atoms with E-state index in [0.717, 1.165) is 11.1 Å². The highest BCUT2D eigenvalue weighted by molar-refractivity contribution is 7.17. The number of nitrogens with zero attached hydrogens (tertiary/aromatic N) is 2. The number of ketones is 1. The van der Waals surface area contributed by atoms with Gasteiger partial charge in [0.05, 0.1) is 32.2 Å². The van der Waals surface area contributed by atoms with Gasteiger partial charge in [-0.05, 0) is 43.7 Å². The molecule has 0 aliphatic carbocycles. The molecule has 0 bridgehead atoms. The molecule has 1 aliphatic heterocycles. The Morgan fingerprint density at radius 1 is 0.972 bits per heavy atom. The van der Waals surface area contributed by atoms with Gasteiger partial charge in [0.25, 0.3) is 5.91 Å². The van der Waals surface area contributed by atoms with E-state index in [1.807, 2.05) is 49.4 Å². The fraction of sp³-hybridized carbons (Fsp3) is 0.107. The van der Waals surface area contributed by atoms with Crippen molar-refractivity contribution in [1.29, 1.82) is 0 Å². The maximum Gasteiger partial charge on any atom is 0.294 e. The molecule has 36 heavy (non-hydrogen) atoms. The van der Waals surface area contributed by atoms with Crippen molar-refractivity contribution in [1.82, 2.24) is 4.98 Å². The monoisotopic (exact) mass is 534 g/mol. The first-order chi connectivity index (χ1) is 17.3. The van der Waals surface area contributed by atoms with Crippen LogP contribution in [0, 0.1) is 13.8 Å². The van der Waals surface area contributed by atoms with Crippen LogP contribution in [-0.2, 0) is 4.79 Å². The summed E-state index contributed by atoms with van der Waals surface area (Å²) in [6, 6.07) is 20.9. The van der Waals surface area contributed by atoms with E-state index in [9.17, 15) is 14.7 Å². The number of hydrogen-bond acceptors (Lipinski definition) is 5. The number of carbonyl (C=O) groups is 2. The summed E-state index contributed by atoms with van der Waals surface area (Å²) in [4.78, 5) is 33.7. The lowest BCUT2D eigenvalue weighted by Crippen LogP contribution is -2.31. The van der Waals surface area contributed by atoms with Crippen molar-refractivity contribution in [3.05, 3.63) is 116 Å². The Hall–Kier alpha value is -3.45. The number of carbonyl (C=O) groups excluding carboxylic acids is 2. The van der Waals surface area contributed by atoms with E-state index < -0.39 is 23.5 Å². The van der Waals surface area contributed by atoms with Gasteiger partial charge >= 0.3 is 0 Å². The molecule has 0 fully saturated rings. The SMILES string of the molecule is Cc1ccc(N2C(=O)C(O)=C(C(=O)c3sc(-c4ccccc4)nc3C)C2c2ccc(Cl)c(Cl)c2)cc1. The van der Waals surface area contributed by atoms with Gasteiger partial charge in [-0.25, -0.2) is 4.98 Å². The lowest BCUT2D eigenvalue weighted by atomic mass is 9.94. The van der Waals surface area contributed by atoms with Crippen LogP contribution in [0.1, 0.15) is 32.5 Å². The van der Waals surface area contributed by atoms with Gasteiger partial charge in [0.2, 0.25) is 5.78 Å². The molecule has 1 unspecified atom stereocenters. The second kappa shape index (κ2) is 9.54. The summed E-state index contributed by atoms with van der Waals surface area (Å²) < 4.78 is 0. The smallest absolute Gasteiger partial charge is 0.294 e. The van der Waals surface area contributed by atoms with Crippen LogP contribution < -0.4 is 4.90 Å². The normalized spacial score (nSPS) is 15.6. The Bertz CT molecular complexity index is 1530. The van der Waals surface area contributed by atoms with Gasteiger partial charge in [0.1, 0.15) is 5.01 Å². The molecule has 1 aromatic heterocycles. The van der Waals surface area contributed by atoms with Gasteiger partial charge in [0.15, 0.2) is 5.76 Å². The van der Waals surface area contributed by atoms with E-state index in [-0.39, 0.29) is 10.6 Å². The van der Waals surface area contributed by atoms with Crippen molar-refractivity contribution < 1.29 is 14.7 Å². The van der Waals surface area contributed by atoms with Crippen LogP contribution in [-0.4, -0.2) is 21.8 Å². The molecular formula is C28H20Cl2N2O3S. The highest BCUT2D eigenvalue weighted by atomic mass is 35.5. The van der Waals surface area contributed by atoms with Crippen molar-refractivity contribution in [3.63, 3.8) is 0 Å². The first-order valence-corrected chi connectivity index (χ1v) is 12.7. The molecule has 0 saturated heterocycles. The van der Waals surface area contributed by atoms with E-state index in [1.54, 1.807) is 37.3 Å². The molecule has 1 N–H and O–H groups in total. The molecule has 8 heteroatoms. The summed E-state index contributed by atoms with van der Waals surface area (Å²) in [5, 5.41) is 12.3. The second-order valence-corrected chi connectivity index (χ2v) is 10.3. The predicted octanol–water partition coefficient (Wildman–Crippen LogP) is 7.52. The van der Waals surface area contributed by atoms with E-state index in [4.69, 9.17) is 23.2 Å². The standard InChI is InChI=1S/C28H20Cl2N2O3S/c1-15-8-11-19(12-9-15)32-23(18-10-13-20(29)21(30)14-18)22(25(34)28(32)35)24(33)26-16(2)31-27(36-26)17-6-4-3-5-7-17/h3-14,23,34H,1-2H3. The van der Waals surface area contributed by atoms with Gasteiger partial charge in [-0.2, -0.15) is 0 Å². The second-order valence-electron chi connectivity index (χ2n) is 8.48. The molecular weight excluding hydrogens is 515 g/mol. The Kier molecular flexibility index (Phi) is 6.43. The number of rotatable bonds is 5. The number of aliphatic hydroxyl groups excluding tert-OH is 1. The number of aliphatic hydroxyl groups is 1. The minimum atomic E-state index is -0.899. The molecule has 4 aromatic rings. The quantitative estimate of drug-likeness (QED) is 0.269. The molecule has 2 heterocycles. The van der Waals surface area contributed by atoms with E-state index in [2.05, 4.69) is 4.98 Å². The average Bonchev–Trinajstić information content (AvgIpc) is 3.39. The third-order valence-electron chi connectivity index (χ3n) is 6.05. The maximum absolute atomic E-state index is 13.9. The van der Waals surface area contributed by atoms with Gasteiger partial charge in [-0.1, -0.05) is 77.3 Å². The van der Waals surface area contributed by atoms with Gasteiger partial charge in [-0.3, -0.25) is 14.5 Å². The molecule has 5 nitrogen and oxygen atoms in total. The van der Waals surface area contributed by atoms with Crippen LogP contribution in [0.15, 0.2) is 84.1 Å². The number of halogens is 2. The fourth-order valence-electron chi connectivity index (χ4n) is 4.24. The predicted molar refractivity (Wildman–Crippen MR) is 144 cm³/mol. The number of Topliss-reactive ketones (excluding diaryl/α,β-unsaturated/α-hetero) is 1. The lowest BCUT2D eigenvalue weighted by Gasteiger charge is -2.27. The third-order valence-corrected chi connectivity index (χ3v) is 7.99. The van der Waals surface area contributed by atoms with Crippen molar-refractivity contribution in [2.24, 2.45) is 0 Å². The Labute approximate surface area is 222 Å². The molecule has 1 amide bonds. The van der Waals surface area contributed by atoms with E-state index >= 15 is 0 Å². The molecule has 1 aliphatic rings. The van der Waals surface area contributed by atoms with Crippen molar-refractivity contribution in [2.75, 3.05) is 4.90 Å². The summed E-state index contributed by atoms with van der Waals surface area (Å²) in [6.45, 7) is 3.68. The molecule has 0 spiro atoms. The molecule has 1 atom stereocenters. The number of anilines is 1. The zero-order chi connectivity index (χ0) is 25.6. The number of hydrogen-bond donors (Lipinski definition) is 1. The van der Waals surface area contributed by atoms with Crippen molar-refractivity contribution in [2.45, 2.75) is 19.9 Å². The summed E-state index contributed by atoms with van der Waals surface area (Å²) in [5.41, 5.74) is 3.49. The zero-order valence-electron chi connectivity index (χ0n) is 19.3. The van der Waals surface area contributed by atoms with Gasteiger partial charge in [-0.15, -0.1) is 11.3 Å². The molecule has 5 rings (SSSR count). The van der Waals surface area contributed by atoms with Gasteiger partial charge in [0, 0.05) is 11.3 Å². The molecule has 180 valence electrons. The summed E-state index contributed by atoms with van der Waals surface area (Å²) >= 11 is 13.7. The van der Waals surface area contributed by atoms with Crippen LogP contribution in [0.5, 0.6) is 0 Å². The van der Waals surface area contributed by atoms with Crippen molar-refractivity contribution >= 4 is 51.9 Å². The minimum absolute atomic E-state index is 0.0228. The van der Waals surface area contributed by atoms with Crippen LogP contribution >= 0.6 is 34.5 Å². The van der Waals surface area contributed by atoms with Gasteiger partial charge < -0.3 is 5.11 Å². The maximum atomic E-state index is 13.9. The van der Waals surface area contributed by atoms with E-state index in [0.29, 0.717) is 31.9 Å². The number of aryl methyl sites for hydroxylation is 2. The molecule has 0 saturated carbocycles. The Morgan fingerprint density at radius 3 is 2.33 bits per heavy atom. The van der Waals surface area contributed by atoms with Crippen LogP contribution in [0.2, 0.25) is 10.0 Å². The first-order valence-electron chi connectivity index (χ1n) is 11.1. The molecule has 0 radical (unpaired) electrons. The topological polar surface area (TPSA) is 70.5 Å². The van der Waals surface area contributed by atoms with E-state index in [1.165, 1.54) is 16.2 Å². The first kappa shape index (κ1) is 24.3. The molecule has 3 aromatic carbocycles. The largest absolute Gasteiger partial charge is 0.503 e. The Morgan fingerprint density at radius 2 is 1.67 bits per heavy atom.